The second-order valence-electron chi connectivity index (χ2n) is 3.54. The molecule has 5 heteroatoms. The van der Waals surface area contributed by atoms with E-state index in [1.54, 1.807) is 25.6 Å². The Kier molecular flexibility index (Phi) is 18.6. The lowest BCUT2D eigenvalue weighted by Gasteiger charge is -1.98. The number of ether oxygens (including phenoxy) is 1. The summed E-state index contributed by atoms with van der Waals surface area (Å²) >= 11 is 0.750. The SMILES string of the molecule is CC.COCCCCC[n+]1cccc(O)c1.CSO. The molecule has 0 saturated heterocycles. The van der Waals surface area contributed by atoms with Crippen molar-refractivity contribution in [1.29, 1.82) is 0 Å². The van der Waals surface area contributed by atoms with E-state index in [1.165, 1.54) is 0 Å². The summed E-state index contributed by atoms with van der Waals surface area (Å²) in [5.74, 6) is 0.324. The van der Waals surface area contributed by atoms with Crippen molar-refractivity contribution in [3.63, 3.8) is 0 Å². The molecule has 112 valence electrons. The minimum absolute atomic E-state index is 0.324. The molecular formula is C14H28NO3S+. The van der Waals surface area contributed by atoms with Crippen molar-refractivity contribution in [2.24, 2.45) is 0 Å². The first kappa shape index (κ1) is 20.5. The highest BCUT2D eigenvalue weighted by molar-refractivity contribution is 7.93. The number of pyridine rings is 1. The van der Waals surface area contributed by atoms with Crippen LogP contribution in [0.15, 0.2) is 24.5 Å². The normalized spacial score (nSPS) is 8.89. The third kappa shape index (κ3) is 15.2. The number of unbranched alkanes of at least 4 members (excludes halogenated alkanes) is 2. The molecule has 19 heavy (non-hydrogen) atoms. The van der Waals surface area contributed by atoms with E-state index in [9.17, 15) is 5.11 Å². The molecule has 2 N–H and O–H groups in total. The van der Waals surface area contributed by atoms with Gasteiger partial charge in [-0.25, -0.2) is 4.57 Å². The summed E-state index contributed by atoms with van der Waals surface area (Å²) in [7, 11) is 1.73. The summed E-state index contributed by atoms with van der Waals surface area (Å²) in [6.07, 6.45) is 8.70. The van der Waals surface area contributed by atoms with E-state index >= 15 is 0 Å². The smallest absolute Gasteiger partial charge is 0.210 e. The molecule has 0 bridgehead atoms. The van der Waals surface area contributed by atoms with Crippen LogP contribution in [0.5, 0.6) is 5.75 Å². The molecule has 0 radical (unpaired) electrons. The fourth-order valence-corrected chi connectivity index (χ4v) is 1.36. The van der Waals surface area contributed by atoms with Crippen LogP contribution in [0.2, 0.25) is 0 Å². The lowest BCUT2D eigenvalue weighted by atomic mass is 10.2. The van der Waals surface area contributed by atoms with Crippen LogP contribution in [-0.2, 0) is 11.3 Å². The van der Waals surface area contributed by atoms with Gasteiger partial charge < -0.3 is 14.4 Å². The Morgan fingerprint density at radius 2 is 1.89 bits per heavy atom. The van der Waals surface area contributed by atoms with Gasteiger partial charge in [0.1, 0.15) is 6.54 Å². The first-order chi connectivity index (χ1) is 9.24. The molecule has 0 aliphatic carbocycles. The maximum Gasteiger partial charge on any atom is 0.210 e. The van der Waals surface area contributed by atoms with Crippen LogP contribution in [0.3, 0.4) is 0 Å². The van der Waals surface area contributed by atoms with E-state index < -0.39 is 0 Å². The van der Waals surface area contributed by atoms with Crippen molar-refractivity contribution < 1.29 is 19.0 Å². The Balaban J connectivity index is 0. The van der Waals surface area contributed by atoms with Crippen LogP contribution in [0.4, 0.5) is 0 Å². The second kappa shape index (κ2) is 17.2. The Morgan fingerprint density at radius 3 is 2.42 bits per heavy atom. The minimum atomic E-state index is 0.324. The van der Waals surface area contributed by atoms with Gasteiger partial charge in [0.25, 0.3) is 0 Å². The molecular weight excluding hydrogens is 262 g/mol. The first-order valence-electron chi connectivity index (χ1n) is 6.59. The molecule has 1 aromatic rings. The number of rotatable bonds is 6. The molecule has 0 saturated carbocycles. The highest BCUT2D eigenvalue weighted by Gasteiger charge is 2.00. The molecule has 1 heterocycles. The highest BCUT2D eigenvalue weighted by atomic mass is 32.2. The number of nitrogens with zero attached hydrogens (tertiary/aromatic N) is 1. The summed E-state index contributed by atoms with van der Waals surface area (Å²) in [5, 5.41) is 9.21. The summed E-state index contributed by atoms with van der Waals surface area (Å²) in [6, 6.07) is 3.53. The molecule has 0 amide bonds. The van der Waals surface area contributed by atoms with E-state index in [-0.39, 0.29) is 0 Å². The molecule has 0 atom stereocenters. The Morgan fingerprint density at radius 1 is 1.26 bits per heavy atom. The van der Waals surface area contributed by atoms with Crippen molar-refractivity contribution in [3.05, 3.63) is 24.5 Å². The second-order valence-corrected chi connectivity index (χ2v) is 3.90. The number of aryl methyl sites for hydroxylation is 1. The number of hydrogen-bond donors (Lipinski definition) is 2. The molecule has 0 aliphatic heterocycles. The monoisotopic (exact) mass is 290 g/mol. The van der Waals surface area contributed by atoms with Gasteiger partial charge in [-0.05, 0) is 31.0 Å². The van der Waals surface area contributed by atoms with Crippen molar-refractivity contribution in [1.82, 2.24) is 0 Å². The predicted octanol–water partition coefficient (Wildman–Crippen LogP) is 3.35. The minimum Gasteiger partial charge on any atom is -0.503 e. The van der Waals surface area contributed by atoms with E-state index in [4.69, 9.17) is 9.29 Å². The lowest BCUT2D eigenvalue weighted by molar-refractivity contribution is -0.697. The summed E-state index contributed by atoms with van der Waals surface area (Å²) in [5.41, 5.74) is 0. The van der Waals surface area contributed by atoms with Gasteiger partial charge in [-0.1, -0.05) is 13.8 Å². The molecule has 0 fully saturated rings. The van der Waals surface area contributed by atoms with E-state index in [0.29, 0.717) is 5.75 Å². The van der Waals surface area contributed by atoms with Crippen LogP contribution < -0.4 is 4.57 Å². The number of aromatic nitrogens is 1. The van der Waals surface area contributed by atoms with Crippen molar-refractivity contribution in [2.45, 2.75) is 39.7 Å². The molecule has 1 rings (SSSR count). The fourth-order valence-electron chi connectivity index (χ4n) is 1.36. The number of methoxy groups -OCH3 is 1. The van der Waals surface area contributed by atoms with Gasteiger partial charge in [0.2, 0.25) is 6.20 Å². The third-order valence-corrected chi connectivity index (χ3v) is 2.11. The Bertz CT molecular complexity index is 285. The van der Waals surface area contributed by atoms with Crippen LogP contribution in [-0.4, -0.2) is 29.6 Å². The number of hydrogen-bond acceptors (Lipinski definition) is 4. The maximum absolute atomic E-state index is 9.21. The summed E-state index contributed by atoms with van der Waals surface area (Å²) in [6.45, 7) is 5.79. The van der Waals surface area contributed by atoms with Crippen LogP contribution >= 0.6 is 12.0 Å². The average Bonchev–Trinajstić information content (AvgIpc) is 2.42. The van der Waals surface area contributed by atoms with Gasteiger partial charge in [-0.2, -0.15) is 0 Å². The Labute approximate surface area is 121 Å². The van der Waals surface area contributed by atoms with Crippen LogP contribution in [0.1, 0.15) is 33.1 Å². The first-order valence-corrected chi connectivity index (χ1v) is 7.77. The predicted molar refractivity (Wildman–Crippen MR) is 81.5 cm³/mol. The molecule has 0 aliphatic rings. The zero-order valence-electron chi connectivity index (χ0n) is 12.5. The fraction of sp³-hybridized carbons (Fsp3) is 0.643. The molecule has 0 spiro atoms. The number of aromatic hydroxyl groups is 1. The molecule has 1 aromatic heterocycles. The molecule has 0 aromatic carbocycles. The van der Waals surface area contributed by atoms with Gasteiger partial charge in [0, 0.05) is 32.5 Å². The van der Waals surface area contributed by atoms with Gasteiger partial charge in [0.15, 0.2) is 11.9 Å². The van der Waals surface area contributed by atoms with Crippen molar-refractivity contribution >= 4 is 12.0 Å². The average molecular weight is 290 g/mol. The Hall–Kier alpha value is -0.780. The lowest BCUT2D eigenvalue weighted by Crippen LogP contribution is -2.32. The maximum atomic E-state index is 9.21. The molecule has 4 nitrogen and oxygen atoms in total. The standard InChI is InChI=1S/C11H17NO2.C2H6.CH4OS/c1-14-9-4-2-3-7-12-8-5-6-11(13)10-12;1-2;1-3-2/h5-6,8,10H,2-4,7,9H2,1H3;1-2H3;2H,1H3/p+1. The quantitative estimate of drug-likeness (QED) is 0.479. The van der Waals surface area contributed by atoms with E-state index in [0.717, 1.165) is 44.5 Å². The highest BCUT2D eigenvalue weighted by Crippen LogP contribution is 2.01. The summed E-state index contributed by atoms with van der Waals surface area (Å²) in [4.78, 5) is 0. The van der Waals surface area contributed by atoms with E-state index in [1.807, 2.05) is 30.7 Å². The van der Waals surface area contributed by atoms with Gasteiger partial charge in [-0.15, -0.1) is 0 Å². The van der Waals surface area contributed by atoms with Gasteiger partial charge in [0.05, 0.1) is 0 Å². The van der Waals surface area contributed by atoms with Crippen LogP contribution in [0, 0.1) is 0 Å². The van der Waals surface area contributed by atoms with Crippen molar-refractivity contribution in [3.8, 4) is 5.75 Å². The van der Waals surface area contributed by atoms with Gasteiger partial charge >= 0.3 is 0 Å². The zero-order valence-corrected chi connectivity index (χ0v) is 13.3. The zero-order chi connectivity index (χ0) is 14.9. The van der Waals surface area contributed by atoms with Crippen LogP contribution in [0.25, 0.3) is 0 Å². The van der Waals surface area contributed by atoms with Gasteiger partial charge in [-0.3, -0.25) is 0 Å². The largest absolute Gasteiger partial charge is 0.503 e. The third-order valence-electron chi connectivity index (χ3n) is 2.11. The van der Waals surface area contributed by atoms with E-state index in [2.05, 4.69) is 0 Å². The molecule has 0 unspecified atom stereocenters. The topological polar surface area (TPSA) is 53.6 Å². The van der Waals surface area contributed by atoms with Crippen molar-refractivity contribution in [2.75, 3.05) is 20.0 Å². The summed E-state index contributed by atoms with van der Waals surface area (Å²) < 4.78 is 14.5.